The quantitative estimate of drug-likeness (QED) is 0.794. The Bertz CT molecular complexity index is 384. The molecule has 0 bridgehead atoms. The molecule has 0 saturated heterocycles. The van der Waals surface area contributed by atoms with E-state index in [4.69, 9.17) is 5.73 Å². The van der Waals surface area contributed by atoms with Gasteiger partial charge in [-0.3, -0.25) is 4.79 Å². The summed E-state index contributed by atoms with van der Waals surface area (Å²) in [5, 5.41) is 3.50. The molecular weight excluding hydrogens is 212 g/mol. The van der Waals surface area contributed by atoms with Crippen LogP contribution >= 0.6 is 0 Å². The molecule has 3 N–H and O–H groups in total. The Morgan fingerprint density at radius 3 is 2.41 bits per heavy atom. The molecule has 1 aromatic carbocycles. The summed E-state index contributed by atoms with van der Waals surface area (Å²) in [5.74, 6) is -0.364. The molecule has 0 unspecified atom stereocenters. The number of carbonyl (C=O) groups excluding carboxylic acids is 1. The molecule has 0 aliphatic rings. The van der Waals surface area contributed by atoms with E-state index in [0.717, 1.165) is 18.4 Å². The van der Waals surface area contributed by atoms with E-state index >= 15 is 0 Å². The van der Waals surface area contributed by atoms with Crippen LogP contribution in [0, 0.1) is 0 Å². The van der Waals surface area contributed by atoms with E-state index in [2.05, 4.69) is 26.1 Å². The van der Waals surface area contributed by atoms with Crippen LogP contribution in [0.1, 0.15) is 49.5 Å². The highest BCUT2D eigenvalue weighted by molar-refractivity contribution is 5.94. The predicted octanol–water partition coefficient (Wildman–Crippen LogP) is 2.45. The average Bonchev–Trinajstić information content (AvgIpc) is 2.36. The molecule has 0 aromatic heterocycles. The van der Waals surface area contributed by atoms with Gasteiger partial charge in [-0.15, -0.1) is 0 Å². The lowest BCUT2D eigenvalue weighted by molar-refractivity contribution is 0.0999. The van der Waals surface area contributed by atoms with Crippen LogP contribution in [0.3, 0.4) is 0 Å². The van der Waals surface area contributed by atoms with Crippen molar-refractivity contribution in [3.05, 3.63) is 35.4 Å². The lowest BCUT2D eigenvalue weighted by Gasteiger charge is -2.28. The third-order valence-corrected chi connectivity index (χ3v) is 3.55. The number of amides is 1. The fraction of sp³-hybridized carbons (Fsp3) is 0.500. The van der Waals surface area contributed by atoms with Crippen LogP contribution in [0.5, 0.6) is 0 Å². The van der Waals surface area contributed by atoms with Gasteiger partial charge in [-0.05, 0) is 31.4 Å². The Hall–Kier alpha value is -1.35. The Kier molecular flexibility index (Phi) is 4.70. The Morgan fingerprint density at radius 1 is 1.29 bits per heavy atom. The van der Waals surface area contributed by atoms with Gasteiger partial charge in [0, 0.05) is 17.6 Å². The van der Waals surface area contributed by atoms with Gasteiger partial charge >= 0.3 is 0 Å². The standard InChI is InChI=1S/C14H22N2O/c1-4-14(3,5-2)16-10-11-8-6-7-9-12(11)13(15)17/h6-9,16H,4-5,10H2,1-3H3,(H2,15,17). The van der Waals surface area contributed by atoms with E-state index in [1.807, 2.05) is 18.2 Å². The van der Waals surface area contributed by atoms with Gasteiger partial charge in [0.15, 0.2) is 0 Å². The number of nitrogens with one attached hydrogen (secondary N) is 1. The van der Waals surface area contributed by atoms with Crippen molar-refractivity contribution in [3.8, 4) is 0 Å². The zero-order valence-electron chi connectivity index (χ0n) is 10.9. The van der Waals surface area contributed by atoms with Gasteiger partial charge < -0.3 is 11.1 Å². The largest absolute Gasteiger partial charge is 0.366 e. The van der Waals surface area contributed by atoms with E-state index in [-0.39, 0.29) is 11.4 Å². The summed E-state index contributed by atoms with van der Waals surface area (Å²) in [7, 11) is 0. The highest BCUT2D eigenvalue weighted by Gasteiger charge is 2.19. The van der Waals surface area contributed by atoms with E-state index in [1.165, 1.54) is 0 Å². The molecule has 0 heterocycles. The lowest BCUT2D eigenvalue weighted by Crippen LogP contribution is -2.40. The zero-order chi connectivity index (χ0) is 12.9. The molecule has 0 atom stereocenters. The number of nitrogens with two attached hydrogens (primary N) is 1. The molecule has 0 aliphatic heterocycles. The SMILES string of the molecule is CCC(C)(CC)NCc1ccccc1C(N)=O. The topological polar surface area (TPSA) is 55.1 Å². The Balaban J connectivity index is 2.79. The molecule has 1 aromatic rings. The molecule has 1 rings (SSSR count). The van der Waals surface area contributed by atoms with Crippen molar-refractivity contribution in [1.29, 1.82) is 0 Å². The van der Waals surface area contributed by atoms with Crippen LogP contribution in [0.25, 0.3) is 0 Å². The highest BCUT2D eigenvalue weighted by atomic mass is 16.1. The normalized spacial score (nSPS) is 11.5. The first-order valence-corrected chi connectivity index (χ1v) is 6.15. The van der Waals surface area contributed by atoms with Crippen molar-refractivity contribution >= 4 is 5.91 Å². The number of benzene rings is 1. The Morgan fingerprint density at radius 2 is 1.88 bits per heavy atom. The van der Waals surface area contributed by atoms with Gasteiger partial charge in [0.2, 0.25) is 5.91 Å². The average molecular weight is 234 g/mol. The number of primary amides is 1. The second-order valence-corrected chi connectivity index (χ2v) is 4.64. The second-order valence-electron chi connectivity index (χ2n) is 4.64. The number of hydrogen-bond acceptors (Lipinski definition) is 2. The maximum absolute atomic E-state index is 11.3. The van der Waals surface area contributed by atoms with Gasteiger partial charge in [-0.2, -0.15) is 0 Å². The first-order valence-electron chi connectivity index (χ1n) is 6.15. The molecule has 94 valence electrons. The minimum atomic E-state index is -0.364. The number of carbonyl (C=O) groups is 1. The van der Waals surface area contributed by atoms with E-state index in [0.29, 0.717) is 12.1 Å². The highest BCUT2D eigenvalue weighted by Crippen LogP contribution is 2.16. The predicted molar refractivity (Wildman–Crippen MR) is 70.8 cm³/mol. The monoisotopic (exact) mass is 234 g/mol. The Labute approximate surface area is 103 Å². The van der Waals surface area contributed by atoms with Crippen LogP contribution in [-0.4, -0.2) is 11.4 Å². The molecule has 0 fully saturated rings. The molecule has 1 amide bonds. The van der Waals surface area contributed by atoms with Crippen LogP contribution in [0.15, 0.2) is 24.3 Å². The van der Waals surface area contributed by atoms with Crippen LogP contribution in [0.2, 0.25) is 0 Å². The first kappa shape index (κ1) is 13.7. The fourth-order valence-corrected chi connectivity index (χ4v) is 1.72. The summed E-state index contributed by atoms with van der Waals surface area (Å²) in [4.78, 5) is 11.3. The summed E-state index contributed by atoms with van der Waals surface area (Å²) in [6, 6.07) is 7.48. The zero-order valence-corrected chi connectivity index (χ0v) is 10.9. The van der Waals surface area contributed by atoms with E-state index in [1.54, 1.807) is 6.07 Å². The summed E-state index contributed by atoms with van der Waals surface area (Å²) in [6.07, 6.45) is 2.12. The van der Waals surface area contributed by atoms with Crippen LogP contribution < -0.4 is 11.1 Å². The third-order valence-electron chi connectivity index (χ3n) is 3.55. The van der Waals surface area contributed by atoms with Crippen LogP contribution in [0.4, 0.5) is 0 Å². The second kappa shape index (κ2) is 5.82. The molecule has 0 aliphatic carbocycles. The van der Waals surface area contributed by atoms with Gasteiger partial charge in [0.25, 0.3) is 0 Å². The van der Waals surface area contributed by atoms with E-state index in [9.17, 15) is 4.79 Å². The molecule has 17 heavy (non-hydrogen) atoms. The van der Waals surface area contributed by atoms with Crippen molar-refractivity contribution in [2.75, 3.05) is 0 Å². The summed E-state index contributed by atoms with van der Waals surface area (Å²) >= 11 is 0. The van der Waals surface area contributed by atoms with Crippen molar-refractivity contribution in [1.82, 2.24) is 5.32 Å². The van der Waals surface area contributed by atoms with Crippen molar-refractivity contribution in [2.45, 2.75) is 45.7 Å². The van der Waals surface area contributed by atoms with Gasteiger partial charge in [-0.25, -0.2) is 0 Å². The van der Waals surface area contributed by atoms with Gasteiger partial charge in [0.05, 0.1) is 0 Å². The van der Waals surface area contributed by atoms with Gasteiger partial charge in [-0.1, -0.05) is 32.0 Å². The lowest BCUT2D eigenvalue weighted by atomic mass is 9.95. The minimum absolute atomic E-state index is 0.116. The molecule has 0 spiro atoms. The smallest absolute Gasteiger partial charge is 0.249 e. The maximum atomic E-state index is 11.3. The summed E-state index contributed by atoms with van der Waals surface area (Å²) in [6.45, 7) is 7.20. The minimum Gasteiger partial charge on any atom is -0.366 e. The molecular formula is C14H22N2O. The molecule has 3 nitrogen and oxygen atoms in total. The van der Waals surface area contributed by atoms with Crippen LogP contribution in [-0.2, 0) is 6.54 Å². The number of rotatable bonds is 6. The third kappa shape index (κ3) is 3.56. The van der Waals surface area contributed by atoms with Crippen molar-refractivity contribution < 1.29 is 4.79 Å². The van der Waals surface area contributed by atoms with Crippen molar-refractivity contribution in [3.63, 3.8) is 0 Å². The molecule has 0 saturated carbocycles. The van der Waals surface area contributed by atoms with E-state index < -0.39 is 0 Å². The molecule has 3 heteroatoms. The maximum Gasteiger partial charge on any atom is 0.249 e. The first-order chi connectivity index (χ1) is 8.02. The van der Waals surface area contributed by atoms with Crippen molar-refractivity contribution in [2.24, 2.45) is 5.73 Å². The summed E-state index contributed by atoms with van der Waals surface area (Å²) in [5.41, 5.74) is 7.04. The summed E-state index contributed by atoms with van der Waals surface area (Å²) < 4.78 is 0. The fourth-order valence-electron chi connectivity index (χ4n) is 1.72. The van der Waals surface area contributed by atoms with Gasteiger partial charge in [0.1, 0.15) is 0 Å². The molecule has 0 radical (unpaired) electrons. The number of hydrogen-bond donors (Lipinski definition) is 2.